The zero-order chi connectivity index (χ0) is 17.2. The number of ether oxygens (including phenoxy) is 2. The summed E-state index contributed by atoms with van der Waals surface area (Å²) < 4.78 is 11.3. The Morgan fingerprint density at radius 1 is 0.917 bits per heavy atom. The third-order valence-electron chi connectivity index (χ3n) is 3.79. The maximum absolute atomic E-state index is 6.03. The number of rotatable bonds is 10. The van der Waals surface area contributed by atoms with Crippen molar-refractivity contribution in [2.24, 2.45) is 0 Å². The van der Waals surface area contributed by atoms with Gasteiger partial charge in [0.25, 0.3) is 0 Å². The van der Waals surface area contributed by atoms with Gasteiger partial charge in [0.1, 0.15) is 0 Å². The van der Waals surface area contributed by atoms with Crippen molar-refractivity contribution in [1.82, 2.24) is 5.32 Å². The molecule has 130 valence electrons. The molecule has 4 heteroatoms. The van der Waals surface area contributed by atoms with E-state index in [1.54, 1.807) is 0 Å². The number of hydrogen-bond donors (Lipinski definition) is 1. The van der Waals surface area contributed by atoms with Crippen LogP contribution in [0.3, 0.4) is 0 Å². The molecule has 0 aliphatic rings. The molecule has 0 saturated carbocycles. The van der Waals surface area contributed by atoms with Gasteiger partial charge in [-0.05, 0) is 43.5 Å². The molecule has 1 N–H and O–H groups in total. The van der Waals surface area contributed by atoms with Crippen LogP contribution in [0.2, 0.25) is 5.02 Å². The molecule has 1 atom stereocenters. The summed E-state index contributed by atoms with van der Waals surface area (Å²) in [6.45, 7) is 5.87. The van der Waals surface area contributed by atoms with Crippen LogP contribution in [-0.4, -0.2) is 26.0 Å². The summed E-state index contributed by atoms with van der Waals surface area (Å²) in [6, 6.07) is 18.6. The number of halogens is 1. The fourth-order valence-corrected chi connectivity index (χ4v) is 2.75. The summed E-state index contributed by atoms with van der Waals surface area (Å²) in [5.74, 6) is 0. The minimum absolute atomic E-state index is 0.174. The standard InChI is InChI=1S/C20H26ClNO2/c1-3-23-20(24-4-2)15-22-19(14-16-8-6-5-7-9-16)17-10-12-18(21)13-11-17/h5-13,19-20,22H,3-4,14-15H2,1-2H3/t19-/m1/s1. The van der Waals surface area contributed by atoms with Crippen molar-refractivity contribution >= 4 is 11.6 Å². The summed E-state index contributed by atoms with van der Waals surface area (Å²) in [6.07, 6.45) is 0.665. The average Bonchev–Trinajstić information content (AvgIpc) is 2.60. The van der Waals surface area contributed by atoms with Crippen LogP contribution >= 0.6 is 11.6 Å². The first-order chi connectivity index (χ1) is 11.7. The Balaban J connectivity index is 2.08. The van der Waals surface area contributed by atoms with Crippen molar-refractivity contribution in [2.75, 3.05) is 19.8 Å². The molecular weight excluding hydrogens is 322 g/mol. The molecular formula is C20H26ClNO2. The van der Waals surface area contributed by atoms with E-state index in [2.05, 4.69) is 41.7 Å². The van der Waals surface area contributed by atoms with Crippen molar-refractivity contribution < 1.29 is 9.47 Å². The lowest BCUT2D eigenvalue weighted by molar-refractivity contribution is -0.133. The maximum atomic E-state index is 6.03. The molecule has 0 saturated heterocycles. The highest BCUT2D eigenvalue weighted by Crippen LogP contribution is 2.21. The highest BCUT2D eigenvalue weighted by atomic mass is 35.5. The van der Waals surface area contributed by atoms with Crippen LogP contribution in [0.4, 0.5) is 0 Å². The van der Waals surface area contributed by atoms with Gasteiger partial charge in [-0.25, -0.2) is 0 Å². The van der Waals surface area contributed by atoms with E-state index in [1.165, 1.54) is 11.1 Å². The second kappa shape index (κ2) is 10.5. The molecule has 0 aliphatic carbocycles. The van der Waals surface area contributed by atoms with Crippen molar-refractivity contribution in [3.63, 3.8) is 0 Å². The third-order valence-corrected chi connectivity index (χ3v) is 4.04. The maximum Gasteiger partial charge on any atom is 0.169 e. The van der Waals surface area contributed by atoms with Crippen LogP contribution < -0.4 is 5.32 Å². The molecule has 0 aromatic heterocycles. The first-order valence-corrected chi connectivity index (χ1v) is 8.86. The Bertz CT molecular complexity index is 568. The highest BCUT2D eigenvalue weighted by Gasteiger charge is 2.15. The third kappa shape index (κ3) is 6.25. The van der Waals surface area contributed by atoms with E-state index in [9.17, 15) is 0 Å². The molecule has 0 bridgehead atoms. The predicted octanol–water partition coefficient (Wildman–Crippen LogP) is 4.61. The Morgan fingerprint density at radius 3 is 2.12 bits per heavy atom. The van der Waals surface area contributed by atoms with Gasteiger partial charge in [-0.2, -0.15) is 0 Å². The van der Waals surface area contributed by atoms with E-state index < -0.39 is 0 Å². The van der Waals surface area contributed by atoms with Crippen molar-refractivity contribution in [3.8, 4) is 0 Å². The average molecular weight is 348 g/mol. The molecule has 0 spiro atoms. The molecule has 0 aliphatic heterocycles. The van der Waals surface area contributed by atoms with Gasteiger partial charge >= 0.3 is 0 Å². The molecule has 0 unspecified atom stereocenters. The van der Waals surface area contributed by atoms with Gasteiger partial charge in [-0.15, -0.1) is 0 Å². The lowest BCUT2D eigenvalue weighted by Crippen LogP contribution is -2.35. The zero-order valence-electron chi connectivity index (χ0n) is 14.4. The SMILES string of the molecule is CCOC(CN[C@H](Cc1ccccc1)c1ccc(Cl)cc1)OCC. The largest absolute Gasteiger partial charge is 0.352 e. The van der Waals surface area contributed by atoms with Crippen LogP contribution in [0.1, 0.15) is 31.0 Å². The van der Waals surface area contributed by atoms with Crippen molar-refractivity contribution in [1.29, 1.82) is 0 Å². The van der Waals surface area contributed by atoms with Crippen molar-refractivity contribution in [3.05, 3.63) is 70.7 Å². The molecule has 2 aromatic carbocycles. The summed E-state index contributed by atoms with van der Waals surface area (Å²) >= 11 is 6.03. The van der Waals surface area contributed by atoms with Gasteiger partial charge in [0.15, 0.2) is 6.29 Å². The van der Waals surface area contributed by atoms with Gasteiger partial charge in [0, 0.05) is 30.8 Å². The van der Waals surface area contributed by atoms with Gasteiger partial charge in [-0.1, -0.05) is 54.1 Å². The Labute approximate surface area is 149 Å². The van der Waals surface area contributed by atoms with Gasteiger partial charge in [0.05, 0.1) is 0 Å². The minimum Gasteiger partial charge on any atom is -0.352 e. The normalized spacial score (nSPS) is 12.5. The number of nitrogens with one attached hydrogen (secondary N) is 1. The van der Waals surface area contributed by atoms with E-state index in [1.807, 2.05) is 32.0 Å². The summed E-state index contributed by atoms with van der Waals surface area (Å²) in [4.78, 5) is 0. The molecule has 0 radical (unpaired) electrons. The lowest BCUT2D eigenvalue weighted by Gasteiger charge is -2.24. The Morgan fingerprint density at radius 2 is 1.54 bits per heavy atom. The van der Waals surface area contributed by atoms with Crippen molar-refractivity contribution in [2.45, 2.75) is 32.6 Å². The molecule has 3 nitrogen and oxygen atoms in total. The Hall–Kier alpha value is -1.39. The smallest absolute Gasteiger partial charge is 0.169 e. The number of hydrogen-bond acceptors (Lipinski definition) is 3. The summed E-state index contributed by atoms with van der Waals surface area (Å²) in [7, 11) is 0. The first kappa shape index (κ1) is 18.9. The monoisotopic (exact) mass is 347 g/mol. The van der Waals surface area contributed by atoms with E-state index in [4.69, 9.17) is 21.1 Å². The van der Waals surface area contributed by atoms with E-state index >= 15 is 0 Å². The van der Waals surface area contributed by atoms with E-state index in [0.29, 0.717) is 19.8 Å². The van der Waals surface area contributed by atoms with Crippen LogP contribution in [0.15, 0.2) is 54.6 Å². The quantitative estimate of drug-likeness (QED) is 0.636. The van der Waals surface area contributed by atoms with Gasteiger partial charge < -0.3 is 14.8 Å². The second-order valence-corrected chi connectivity index (χ2v) is 5.98. The molecule has 0 amide bonds. The van der Waals surface area contributed by atoms with Crippen LogP contribution in [0.25, 0.3) is 0 Å². The van der Waals surface area contributed by atoms with Crippen LogP contribution in [-0.2, 0) is 15.9 Å². The van der Waals surface area contributed by atoms with Crippen LogP contribution in [0.5, 0.6) is 0 Å². The molecule has 0 heterocycles. The fourth-order valence-electron chi connectivity index (χ4n) is 2.63. The fraction of sp³-hybridized carbons (Fsp3) is 0.400. The van der Waals surface area contributed by atoms with E-state index in [0.717, 1.165) is 11.4 Å². The molecule has 24 heavy (non-hydrogen) atoms. The van der Waals surface area contributed by atoms with Gasteiger partial charge in [0.2, 0.25) is 0 Å². The first-order valence-electron chi connectivity index (χ1n) is 8.48. The summed E-state index contributed by atoms with van der Waals surface area (Å²) in [5, 5.41) is 4.33. The molecule has 0 fully saturated rings. The zero-order valence-corrected chi connectivity index (χ0v) is 15.1. The van der Waals surface area contributed by atoms with Gasteiger partial charge in [-0.3, -0.25) is 0 Å². The highest BCUT2D eigenvalue weighted by molar-refractivity contribution is 6.30. The van der Waals surface area contributed by atoms with Crippen LogP contribution in [0, 0.1) is 0 Å². The Kier molecular flexibility index (Phi) is 8.26. The second-order valence-electron chi connectivity index (χ2n) is 5.54. The summed E-state index contributed by atoms with van der Waals surface area (Å²) in [5.41, 5.74) is 2.49. The predicted molar refractivity (Wildman–Crippen MR) is 99.4 cm³/mol. The topological polar surface area (TPSA) is 30.5 Å². The van der Waals surface area contributed by atoms with E-state index in [-0.39, 0.29) is 12.3 Å². The lowest BCUT2D eigenvalue weighted by atomic mass is 9.99. The minimum atomic E-state index is -0.231. The molecule has 2 aromatic rings. The molecule has 2 rings (SSSR count). The number of benzene rings is 2.